The minimum Gasteiger partial charge on any atom is -0.380 e. The molecule has 0 spiro atoms. The van der Waals surface area contributed by atoms with Crippen LogP contribution < -0.4 is 5.32 Å². The minimum absolute atomic E-state index is 0.0932. The molecule has 1 saturated carbocycles. The smallest absolute Gasteiger partial charge is 0.231 e. The van der Waals surface area contributed by atoms with E-state index in [0.29, 0.717) is 19.7 Å². The lowest BCUT2D eigenvalue weighted by Crippen LogP contribution is -2.33. The van der Waals surface area contributed by atoms with E-state index in [9.17, 15) is 9.59 Å². The number of nitrogens with zero attached hydrogens (tertiary/aromatic N) is 1. The van der Waals surface area contributed by atoms with Gasteiger partial charge in [-0.2, -0.15) is 0 Å². The van der Waals surface area contributed by atoms with Crippen molar-refractivity contribution >= 4 is 11.8 Å². The molecule has 5 nitrogen and oxygen atoms in total. The maximum atomic E-state index is 11.5. The zero-order valence-electron chi connectivity index (χ0n) is 11.3. The minimum atomic E-state index is -0.123. The Bertz CT molecular complexity index is 344. The van der Waals surface area contributed by atoms with Gasteiger partial charge in [-0.3, -0.25) is 19.8 Å². The van der Waals surface area contributed by atoms with Crippen LogP contribution >= 0.6 is 0 Å². The number of amides is 2. The topological polar surface area (TPSA) is 58.6 Å². The van der Waals surface area contributed by atoms with Crippen LogP contribution in [0.2, 0.25) is 0 Å². The van der Waals surface area contributed by atoms with Crippen molar-refractivity contribution in [3.8, 4) is 0 Å². The number of carbonyl (C=O) groups excluding carboxylic acids is 2. The largest absolute Gasteiger partial charge is 0.380 e. The van der Waals surface area contributed by atoms with Crippen molar-refractivity contribution in [2.75, 3.05) is 32.8 Å². The molecule has 1 aliphatic carbocycles. The number of hydrogen-bond acceptors (Lipinski definition) is 4. The molecule has 2 saturated heterocycles. The number of carbonyl (C=O) groups is 2. The highest BCUT2D eigenvalue weighted by Gasteiger charge is 2.47. The summed E-state index contributed by atoms with van der Waals surface area (Å²) in [4.78, 5) is 25.2. The molecule has 0 unspecified atom stereocenters. The van der Waals surface area contributed by atoms with Crippen molar-refractivity contribution < 1.29 is 14.3 Å². The first-order valence-corrected chi connectivity index (χ1v) is 7.39. The van der Waals surface area contributed by atoms with Crippen LogP contribution in [-0.4, -0.2) is 49.6 Å². The number of likely N-dealkylation sites (tertiary alicyclic amines) is 1. The predicted octanol–water partition coefficient (Wildman–Crippen LogP) is 0.398. The van der Waals surface area contributed by atoms with E-state index >= 15 is 0 Å². The van der Waals surface area contributed by atoms with Gasteiger partial charge < -0.3 is 4.74 Å². The Morgan fingerprint density at radius 1 is 1.11 bits per heavy atom. The van der Waals surface area contributed by atoms with E-state index in [1.165, 1.54) is 25.7 Å². The van der Waals surface area contributed by atoms with Crippen molar-refractivity contribution in [3.63, 3.8) is 0 Å². The fourth-order valence-electron chi connectivity index (χ4n) is 3.53. The summed E-state index contributed by atoms with van der Waals surface area (Å²) in [6.45, 7) is 3.83. The van der Waals surface area contributed by atoms with Gasteiger partial charge in [0.05, 0.1) is 18.4 Å². The van der Waals surface area contributed by atoms with Crippen LogP contribution in [0, 0.1) is 17.8 Å². The summed E-state index contributed by atoms with van der Waals surface area (Å²) in [5.41, 5.74) is 0. The molecule has 0 radical (unpaired) electrons. The summed E-state index contributed by atoms with van der Waals surface area (Å²) >= 11 is 0. The fraction of sp³-hybridized carbons (Fsp3) is 0.857. The fourth-order valence-corrected chi connectivity index (χ4v) is 3.53. The number of nitrogens with one attached hydrogen (secondary N) is 1. The monoisotopic (exact) mass is 266 g/mol. The molecular formula is C14H22N2O3. The van der Waals surface area contributed by atoms with Gasteiger partial charge in [-0.25, -0.2) is 0 Å². The predicted molar refractivity (Wildman–Crippen MR) is 69.3 cm³/mol. The van der Waals surface area contributed by atoms with Crippen molar-refractivity contribution in [2.45, 2.75) is 25.7 Å². The molecule has 1 N–H and O–H groups in total. The molecule has 0 bridgehead atoms. The van der Waals surface area contributed by atoms with Gasteiger partial charge in [-0.1, -0.05) is 12.8 Å². The summed E-state index contributed by atoms with van der Waals surface area (Å²) in [6, 6.07) is 0. The van der Waals surface area contributed by atoms with Crippen molar-refractivity contribution in [3.05, 3.63) is 0 Å². The van der Waals surface area contributed by atoms with Crippen molar-refractivity contribution in [1.82, 2.24) is 10.2 Å². The highest BCUT2D eigenvalue weighted by Crippen LogP contribution is 2.28. The molecule has 3 aliphatic rings. The van der Waals surface area contributed by atoms with Gasteiger partial charge in [0.15, 0.2) is 0 Å². The van der Waals surface area contributed by atoms with Crippen LogP contribution in [0.25, 0.3) is 0 Å². The molecule has 19 heavy (non-hydrogen) atoms. The molecule has 3 fully saturated rings. The molecule has 2 aliphatic heterocycles. The quantitative estimate of drug-likeness (QED) is 0.578. The van der Waals surface area contributed by atoms with Gasteiger partial charge in [-0.05, 0) is 18.8 Å². The van der Waals surface area contributed by atoms with E-state index in [-0.39, 0.29) is 23.7 Å². The number of fused-ring (bicyclic) bond motifs is 1. The third-order valence-electron chi connectivity index (χ3n) is 4.70. The summed E-state index contributed by atoms with van der Waals surface area (Å²) in [5, 5.41) is 2.41. The lowest BCUT2D eigenvalue weighted by molar-refractivity contribution is -0.126. The third-order valence-corrected chi connectivity index (χ3v) is 4.70. The Morgan fingerprint density at radius 2 is 1.74 bits per heavy atom. The maximum absolute atomic E-state index is 11.5. The molecule has 0 aromatic rings. The van der Waals surface area contributed by atoms with Crippen LogP contribution in [0.5, 0.6) is 0 Å². The SMILES string of the molecule is O=C1NC(=O)[C@@H]2CN(CCOCC3CCCC3)C[C@H]12. The molecule has 2 amide bonds. The van der Waals surface area contributed by atoms with E-state index < -0.39 is 0 Å². The lowest BCUT2D eigenvalue weighted by atomic mass is 10.00. The van der Waals surface area contributed by atoms with E-state index in [4.69, 9.17) is 4.74 Å². The first-order chi connectivity index (χ1) is 9.24. The Morgan fingerprint density at radius 3 is 2.37 bits per heavy atom. The second-order valence-electron chi connectivity index (χ2n) is 6.05. The molecule has 3 rings (SSSR count). The average molecular weight is 266 g/mol. The number of rotatable bonds is 5. The zero-order valence-corrected chi connectivity index (χ0v) is 11.3. The first-order valence-electron chi connectivity index (χ1n) is 7.39. The van der Waals surface area contributed by atoms with Gasteiger partial charge in [0.2, 0.25) is 11.8 Å². The van der Waals surface area contributed by atoms with Gasteiger partial charge in [0, 0.05) is 26.2 Å². The standard InChI is InChI=1S/C14H22N2O3/c17-13-11-7-16(8-12(11)14(18)15-13)5-6-19-9-10-3-1-2-4-10/h10-12H,1-9H2,(H,15,17,18)/t11-,12+. The van der Waals surface area contributed by atoms with Crippen LogP contribution in [0.3, 0.4) is 0 Å². The Labute approximate surface area is 113 Å². The summed E-state index contributed by atoms with van der Waals surface area (Å²) in [7, 11) is 0. The van der Waals surface area contributed by atoms with Crippen LogP contribution in [0.15, 0.2) is 0 Å². The summed E-state index contributed by atoms with van der Waals surface area (Å²) in [6.07, 6.45) is 5.31. The number of ether oxygens (including phenoxy) is 1. The van der Waals surface area contributed by atoms with Gasteiger partial charge in [0.1, 0.15) is 0 Å². The summed E-state index contributed by atoms with van der Waals surface area (Å²) in [5.74, 6) is 0.323. The molecule has 2 heterocycles. The maximum Gasteiger partial charge on any atom is 0.231 e. The first kappa shape index (κ1) is 13.1. The van der Waals surface area contributed by atoms with Crippen LogP contribution in [0.4, 0.5) is 0 Å². The highest BCUT2D eigenvalue weighted by molar-refractivity contribution is 6.05. The van der Waals surface area contributed by atoms with Crippen molar-refractivity contribution in [1.29, 1.82) is 0 Å². The van der Waals surface area contributed by atoms with E-state index in [0.717, 1.165) is 19.1 Å². The van der Waals surface area contributed by atoms with E-state index in [2.05, 4.69) is 10.2 Å². The highest BCUT2D eigenvalue weighted by atomic mass is 16.5. The van der Waals surface area contributed by atoms with E-state index in [1.54, 1.807) is 0 Å². The van der Waals surface area contributed by atoms with Crippen LogP contribution in [0.1, 0.15) is 25.7 Å². The molecule has 5 heteroatoms. The zero-order chi connectivity index (χ0) is 13.2. The molecule has 0 aromatic heterocycles. The van der Waals surface area contributed by atoms with Gasteiger partial charge in [0.25, 0.3) is 0 Å². The lowest BCUT2D eigenvalue weighted by Gasteiger charge is -2.17. The molecule has 2 atom stereocenters. The third kappa shape index (κ3) is 2.82. The van der Waals surface area contributed by atoms with E-state index in [1.807, 2.05) is 0 Å². The van der Waals surface area contributed by atoms with Crippen molar-refractivity contribution in [2.24, 2.45) is 17.8 Å². The normalized spacial score (nSPS) is 32.0. The Balaban J connectivity index is 1.36. The van der Waals surface area contributed by atoms with Gasteiger partial charge >= 0.3 is 0 Å². The average Bonchev–Trinajstić information content (AvgIpc) is 3.07. The summed E-state index contributed by atoms with van der Waals surface area (Å²) < 4.78 is 5.73. The molecule has 0 aromatic carbocycles. The molecule has 106 valence electrons. The Kier molecular flexibility index (Phi) is 3.84. The second-order valence-corrected chi connectivity index (χ2v) is 6.05. The number of hydrogen-bond donors (Lipinski definition) is 1. The number of imide groups is 1. The van der Waals surface area contributed by atoms with Crippen LogP contribution in [-0.2, 0) is 14.3 Å². The van der Waals surface area contributed by atoms with Gasteiger partial charge in [-0.15, -0.1) is 0 Å². The second kappa shape index (κ2) is 5.59. The Hall–Kier alpha value is -0.940. The molecular weight excluding hydrogens is 244 g/mol.